The van der Waals surface area contributed by atoms with Crippen molar-refractivity contribution >= 4 is 17.5 Å². The first-order chi connectivity index (χ1) is 12.2. The third-order valence-corrected chi connectivity index (χ3v) is 3.85. The van der Waals surface area contributed by atoms with Gasteiger partial charge >= 0.3 is 0 Å². The Balaban J connectivity index is 1.51. The van der Waals surface area contributed by atoms with Crippen LogP contribution in [0.15, 0.2) is 36.7 Å². The van der Waals surface area contributed by atoms with E-state index in [0.29, 0.717) is 18.2 Å². The second kappa shape index (κ2) is 8.32. The van der Waals surface area contributed by atoms with Crippen molar-refractivity contribution in [2.24, 2.45) is 0 Å². The molecule has 1 fully saturated rings. The van der Waals surface area contributed by atoms with Crippen molar-refractivity contribution in [1.82, 2.24) is 9.97 Å². The van der Waals surface area contributed by atoms with E-state index < -0.39 is 0 Å². The molecule has 1 aliphatic heterocycles. The number of amides is 1. The van der Waals surface area contributed by atoms with E-state index in [0.717, 1.165) is 24.7 Å². The number of hydrogen-bond donors (Lipinski definition) is 1. The predicted molar refractivity (Wildman–Crippen MR) is 95.2 cm³/mol. The predicted octanol–water partition coefficient (Wildman–Crippen LogP) is 2.49. The van der Waals surface area contributed by atoms with E-state index in [1.165, 1.54) is 19.2 Å². The van der Waals surface area contributed by atoms with Crippen LogP contribution in [0.25, 0.3) is 0 Å². The highest BCUT2D eigenvalue weighted by Crippen LogP contribution is 2.20. The molecule has 0 bridgehead atoms. The Hall–Kier alpha value is -2.83. The van der Waals surface area contributed by atoms with Crippen LogP contribution in [0.3, 0.4) is 0 Å². The van der Waals surface area contributed by atoms with Crippen LogP contribution >= 0.6 is 0 Å². The standard InChI is InChI=1S/C18H22N4O3/c1-2-24-14-5-7-15(8-6-14)25-12-18(23)21-16-11-17(20-13-19-16)22-9-3-4-10-22/h5-8,11,13H,2-4,9-10,12H2,1H3,(H,19,20,21,23). The summed E-state index contributed by atoms with van der Waals surface area (Å²) in [5, 5.41) is 2.74. The number of nitrogens with zero attached hydrogens (tertiary/aromatic N) is 3. The number of anilines is 2. The minimum Gasteiger partial charge on any atom is -0.494 e. The van der Waals surface area contributed by atoms with Crippen molar-refractivity contribution < 1.29 is 14.3 Å². The highest BCUT2D eigenvalue weighted by molar-refractivity contribution is 5.91. The minimum absolute atomic E-state index is 0.0863. The molecule has 2 aromatic rings. The maximum Gasteiger partial charge on any atom is 0.263 e. The summed E-state index contributed by atoms with van der Waals surface area (Å²) in [7, 11) is 0. The Labute approximate surface area is 147 Å². The van der Waals surface area contributed by atoms with Gasteiger partial charge in [-0.3, -0.25) is 4.79 Å². The van der Waals surface area contributed by atoms with Gasteiger partial charge in [0.1, 0.15) is 29.5 Å². The molecular weight excluding hydrogens is 320 g/mol. The fourth-order valence-electron chi connectivity index (χ4n) is 2.66. The van der Waals surface area contributed by atoms with Gasteiger partial charge in [0.15, 0.2) is 6.61 Å². The van der Waals surface area contributed by atoms with Crippen molar-refractivity contribution in [3.8, 4) is 11.5 Å². The zero-order valence-electron chi connectivity index (χ0n) is 14.3. The Morgan fingerprint density at radius 3 is 2.48 bits per heavy atom. The number of carbonyl (C=O) groups excluding carboxylic acids is 1. The van der Waals surface area contributed by atoms with Gasteiger partial charge in [-0.15, -0.1) is 0 Å². The van der Waals surface area contributed by atoms with E-state index in [4.69, 9.17) is 9.47 Å². The monoisotopic (exact) mass is 342 g/mol. The summed E-state index contributed by atoms with van der Waals surface area (Å²) in [6.45, 7) is 4.44. The Kier molecular flexibility index (Phi) is 5.66. The molecule has 0 aliphatic carbocycles. The summed E-state index contributed by atoms with van der Waals surface area (Å²) in [4.78, 5) is 22.6. The van der Waals surface area contributed by atoms with Crippen LogP contribution in [0.4, 0.5) is 11.6 Å². The largest absolute Gasteiger partial charge is 0.494 e. The first kappa shape index (κ1) is 17.0. The van der Waals surface area contributed by atoms with Crippen LogP contribution in [0, 0.1) is 0 Å². The van der Waals surface area contributed by atoms with Crippen molar-refractivity contribution in [1.29, 1.82) is 0 Å². The number of benzene rings is 1. The van der Waals surface area contributed by atoms with Gasteiger partial charge in [-0.05, 0) is 44.0 Å². The normalized spacial score (nSPS) is 13.6. The molecular formula is C18H22N4O3. The first-order valence-electron chi connectivity index (χ1n) is 8.47. The average molecular weight is 342 g/mol. The number of aromatic nitrogens is 2. The topological polar surface area (TPSA) is 76.6 Å². The Morgan fingerprint density at radius 2 is 1.80 bits per heavy atom. The highest BCUT2D eigenvalue weighted by atomic mass is 16.5. The van der Waals surface area contributed by atoms with Crippen LogP contribution in [0.1, 0.15) is 19.8 Å². The van der Waals surface area contributed by atoms with E-state index >= 15 is 0 Å². The molecule has 0 spiro atoms. The van der Waals surface area contributed by atoms with Gasteiger partial charge in [-0.2, -0.15) is 0 Å². The lowest BCUT2D eigenvalue weighted by molar-refractivity contribution is -0.118. The second-order valence-electron chi connectivity index (χ2n) is 5.70. The van der Waals surface area contributed by atoms with Crippen molar-refractivity contribution in [3.05, 3.63) is 36.7 Å². The average Bonchev–Trinajstić information content (AvgIpc) is 3.16. The molecule has 7 heteroatoms. The van der Waals surface area contributed by atoms with Gasteiger partial charge < -0.3 is 19.7 Å². The molecule has 1 aromatic carbocycles. The van der Waals surface area contributed by atoms with Gasteiger partial charge in [-0.25, -0.2) is 9.97 Å². The number of rotatable bonds is 7. The molecule has 0 unspecified atom stereocenters. The molecule has 2 heterocycles. The van der Waals surface area contributed by atoms with Crippen LogP contribution in [-0.4, -0.2) is 42.2 Å². The Bertz CT molecular complexity index is 700. The first-order valence-corrected chi connectivity index (χ1v) is 8.47. The molecule has 1 aromatic heterocycles. The van der Waals surface area contributed by atoms with Crippen molar-refractivity contribution in [2.75, 3.05) is 36.5 Å². The maximum absolute atomic E-state index is 12.1. The molecule has 1 amide bonds. The molecule has 0 atom stereocenters. The van der Waals surface area contributed by atoms with Gasteiger partial charge in [0.2, 0.25) is 0 Å². The lowest BCUT2D eigenvalue weighted by Gasteiger charge is -2.16. The molecule has 7 nitrogen and oxygen atoms in total. The van der Waals surface area contributed by atoms with Crippen molar-refractivity contribution in [2.45, 2.75) is 19.8 Å². The van der Waals surface area contributed by atoms with E-state index in [1.54, 1.807) is 18.2 Å². The SMILES string of the molecule is CCOc1ccc(OCC(=O)Nc2cc(N3CCCC3)ncn2)cc1. The summed E-state index contributed by atoms with van der Waals surface area (Å²) >= 11 is 0. The fraction of sp³-hybridized carbons (Fsp3) is 0.389. The molecule has 1 N–H and O–H groups in total. The minimum atomic E-state index is -0.264. The molecule has 0 radical (unpaired) electrons. The van der Waals surface area contributed by atoms with Gasteiger partial charge in [0.25, 0.3) is 5.91 Å². The van der Waals surface area contributed by atoms with Gasteiger partial charge in [-0.1, -0.05) is 0 Å². The van der Waals surface area contributed by atoms with Crippen LogP contribution < -0.4 is 19.7 Å². The summed E-state index contributed by atoms with van der Waals surface area (Å²) < 4.78 is 10.8. The lowest BCUT2D eigenvalue weighted by atomic mass is 10.3. The van der Waals surface area contributed by atoms with Gasteiger partial charge in [0, 0.05) is 19.2 Å². The molecule has 1 aliphatic rings. The molecule has 132 valence electrons. The van der Waals surface area contributed by atoms with Crippen molar-refractivity contribution in [3.63, 3.8) is 0 Å². The van der Waals surface area contributed by atoms with Crippen LogP contribution in [0.2, 0.25) is 0 Å². The van der Waals surface area contributed by atoms with E-state index in [-0.39, 0.29) is 12.5 Å². The Morgan fingerprint density at radius 1 is 1.12 bits per heavy atom. The third kappa shape index (κ3) is 4.82. The number of ether oxygens (including phenoxy) is 2. The molecule has 1 saturated heterocycles. The summed E-state index contributed by atoms with van der Waals surface area (Å²) in [5.41, 5.74) is 0. The molecule has 25 heavy (non-hydrogen) atoms. The smallest absolute Gasteiger partial charge is 0.263 e. The van der Waals surface area contributed by atoms with E-state index in [9.17, 15) is 4.79 Å². The zero-order chi connectivity index (χ0) is 17.5. The van der Waals surface area contributed by atoms with Crippen LogP contribution in [-0.2, 0) is 4.79 Å². The zero-order valence-corrected chi connectivity index (χ0v) is 14.3. The molecule has 3 rings (SSSR count). The summed E-state index contributed by atoms with van der Waals surface area (Å²) in [6.07, 6.45) is 3.81. The van der Waals surface area contributed by atoms with Crippen LogP contribution in [0.5, 0.6) is 11.5 Å². The lowest BCUT2D eigenvalue weighted by Crippen LogP contribution is -2.22. The number of carbonyl (C=O) groups is 1. The highest BCUT2D eigenvalue weighted by Gasteiger charge is 2.14. The number of nitrogens with one attached hydrogen (secondary N) is 1. The third-order valence-electron chi connectivity index (χ3n) is 3.85. The van der Waals surface area contributed by atoms with E-state index in [1.807, 2.05) is 19.1 Å². The number of hydrogen-bond acceptors (Lipinski definition) is 6. The summed E-state index contributed by atoms with van der Waals surface area (Å²) in [5.74, 6) is 2.45. The van der Waals surface area contributed by atoms with Gasteiger partial charge in [0.05, 0.1) is 6.61 Å². The van der Waals surface area contributed by atoms with E-state index in [2.05, 4.69) is 20.2 Å². The molecule has 0 saturated carbocycles. The maximum atomic E-state index is 12.1. The quantitative estimate of drug-likeness (QED) is 0.833. The summed E-state index contributed by atoms with van der Waals surface area (Å²) in [6, 6.07) is 8.95. The second-order valence-corrected chi connectivity index (χ2v) is 5.70. The fourth-order valence-corrected chi connectivity index (χ4v) is 2.66.